The van der Waals surface area contributed by atoms with E-state index < -0.39 is 41.7 Å². The van der Waals surface area contributed by atoms with Crippen molar-refractivity contribution in [2.45, 2.75) is 40.0 Å². The van der Waals surface area contributed by atoms with Crippen molar-refractivity contribution in [2.75, 3.05) is 44.6 Å². The number of hydrogen-bond donors (Lipinski definition) is 3. The van der Waals surface area contributed by atoms with Gasteiger partial charge in [-0.05, 0) is 23.6 Å². The highest BCUT2D eigenvalue weighted by molar-refractivity contribution is 5.95. The third-order valence-corrected chi connectivity index (χ3v) is 7.00. The van der Waals surface area contributed by atoms with Crippen LogP contribution in [0.3, 0.4) is 0 Å². The molecule has 4 rings (SSSR count). The molecule has 0 saturated heterocycles. The number of aliphatic hydroxyl groups excluding tert-OH is 1. The van der Waals surface area contributed by atoms with Gasteiger partial charge in [-0.2, -0.15) is 13.2 Å². The molecule has 0 aromatic carbocycles. The predicted molar refractivity (Wildman–Crippen MR) is 138 cm³/mol. The Labute approximate surface area is 233 Å². The maximum absolute atomic E-state index is 13.2. The van der Waals surface area contributed by atoms with Crippen LogP contribution >= 0.6 is 0 Å². The number of pyridine rings is 1. The SMILES string of the molecule is CC(C)(C)C(=O)Nc1cc(C(F)(F)F)cnc1COC(=O)N1CC2=C(C1)CN(C(=O)N1CCC(C(N)=O)=C(O)C1)C2. The van der Waals surface area contributed by atoms with Gasteiger partial charge in [0.05, 0.1) is 23.4 Å². The quantitative estimate of drug-likeness (QED) is 0.462. The number of aliphatic hydroxyl groups is 1. The molecule has 0 fully saturated rings. The number of halogens is 3. The van der Waals surface area contributed by atoms with Gasteiger partial charge in [0.2, 0.25) is 11.8 Å². The number of rotatable bonds is 4. The molecule has 0 radical (unpaired) electrons. The Morgan fingerprint density at radius 2 is 1.63 bits per heavy atom. The Kier molecular flexibility index (Phi) is 7.91. The highest BCUT2D eigenvalue weighted by Gasteiger charge is 2.38. The molecule has 4 N–H and O–H groups in total. The maximum Gasteiger partial charge on any atom is 0.417 e. The summed E-state index contributed by atoms with van der Waals surface area (Å²) in [5.74, 6) is -1.48. The lowest BCUT2D eigenvalue weighted by atomic mass is 9.95. The number of urea groups is 1. The topological polar surface area (TPSA) is 158 Å². The first-order chi connectivity index (χ1) is 19.0. The molecule has 1 aromatic rings. The number of nitrogens with two attached hydrogens (primary N) is 1. The fourth-order valence-electron chi connectivity index (χ4n) is 4.62. The molecule has 5 amide bonds. The smallest absolute Gasteiger partial charge is 0.417 e. The second-order valence-electron chi connectivity index (χ2n) is 11.1. The van der Waals surface area contributed by atoms with Crippen LogP contribution in [-0.4, -0.2) is 88.0 Å². The summed E-state index contributed by atoms with van der Waals surface area (Å²) in [5, 5.41) is 12.5. The van der Waals surface area contributed by atoms with Crippen molar-refractivity contribution in [2.24, 2.45) is 11.1 Å². The van der Waals surface area contributed by atoms with Gasteiger partial charge in [-0.3, -0.25) is 14.6 Å². The zero-order valence-electron chi connectivity index (χ0n) is 22.8. The fourth-order valence-corrected chi connectivity index (χ4v) is 4.62. The second kappa shape index (κ2) is 10.9. The van der Waals surface area contributed by atoms with E-state index in [-0.39, 0.29) is 74.4 Å². The molecule has 0 bridgehead atoms. The minimum Gasteiger partial charge on any atom is -0.510 e. The normalized spacial score (nSPS) is 17.7. The van der Waals surface area contributed by atoms with E-state index in [1.165, 1.54) is 9.80 Å². The minimum atomic E-state index is -4.68. The molecule has 222 valence electrons. The highest BCUT2D eigenvalue weighted by Crippen LogP contribution is 2.33. The van der Waals surface area contributed by atoms with Gasteiger partial charge in [0.1, 0.15) is 18.1 Å². The number of anilines is 1. The number of hydrogen-bond acceptors (Lipinski definition) is 7. The van der Waals surface area contributed by atoms with Crippen molar-refractivity contribution in [3.8, 4) is 0 Å². The van der Waals surface area contributed by atoms with Gasteiger partial charge in [-0.15, -0.1) is 0 Å². The average molecular weight is 581 g/mol. The summed E-state index contributed by atoms with van der Waals surface area (Å²) in [6, 6.07) is 0.436. The van der Waals surface area contributed by atoms with Crippen LogP contribution in [0.4, 0.5) is 28.4 Å². The first-order valence-corrected chi connectivity index (χ1v) is 12.8. The number of carbonyl (C=O) groups excluding carboxylic acids is 4. The lowest BCUT2D eigenvalue weighted by Crippen LogP contribution is -2.47. The van der Waals surface area contributed by atoms with Crippen molar-refractivity contribution in [1.29, 1.82) is 0 Å². The van der Waals surface area contributed by atoms with Crippen LogP contribution in [0.5, 0.6) is 0 Å². The lowest BCUT2D eigenvalue weighted by Gasteiger charge is -2.32. The summed E-state index contributed by atoms with van der Waals surface area (Å²) >= 11 is 0. The molecular weight excluding hydrogens is 549 g/mol. The van der Waals surface area contributed by atoms with Gasteiger partial charge in [0.25, 0.3) is 0 Å². The van der Waals surface area contributed by atoms with Crippen molar-refractivity contribution < 1.29 is 42.2 Å². The van der Waals surface area contributed by atoms with Gasteiger partial charge in [-0.25, -0.2) is 9.59 Å². The highest BCUT2D eigenvalue weighted by atomic mass is 19.4. The molecule has 0 aliphatic carbocycles. The van der Waals surface area contributed by atoms with E-state index in [0.717, 1.165) is 17.2 Å². The molecular formula is C26H31F3N6O6. The Hall–Kier alpha value is -4.30. The molecule has 0 atom stereocenters. The van der Waals surface area contributed by atoms with Gasteiger partial charge in [-0.1, -0.05) is 20.8 Å². The van der Waals surface area contributed by atoms with E-state index in [1.807, 2.05) is 0 Å². The molecule has 41 heavy (non-hydrogen) atoms. The van der Waals surface area contributed by atoms with Crippen LogP contribution in [0.15, 0.2) is 34.7 Å². The van der Waals surface area contributed by atoms with Crippen LogP contribution in [0.25, 0.3) is 0 Å². The van der Waals surface area contributed by atoms with Gasteiger partial charge < -0.3 is 35.6 Å². The second-order valence-corrected chi connectivity index (χ2v) is 11.1. The summed E-state index contributed by atoms with van der Waals surface area (Å²) in [6.45, 7) is 5.38. The molecule has 1 aromatic heterocycles. The summed E-state index contributed by atoms with van der Waals surface area (Å²) in [6.07, 6.45) is -4.64. The van der Waals surface area contributed by atoms with Gasteiger partial charge in [0.15, 0.2) is 0 Å². The molecule has 3 aliphatic heterocycles. The number of carbonyl (C=O) groups is 4. The van der Waals surface area contributed by atoms with Gasteiger partial charge in [0, 0.05) is 44.3 Å². The van der Waals surface area contributed by atoms with E-state index in [1.54, 1.807) is 25.7 Å². The van der Waals surface area contributed by atoms with Crippen LogP contribution in [0, 0.1) is 5.41 Å². The molecule has 0 spiro atoms. The number of amides is 5. The summed E-state index contributed by atoms with van der Waals surface area (Å²) in [7, 11) is 0. The number of aromatic nitrogens is 1. The van der Waals surface area contributed by atoms with E-state index in [2.05, 4.69) is 10.3 Å². The molecule has 4 heterocycles. The average Bonchev–Trinajstić information content (AvgIpc) is 3.45. The van der Waals surface area contributed by atoms with Crippen LogP contribution < -0.4 is 11.1 Å². The molecule has 3 aliphatic rings. The molecule has 0 unspecified atom stereocenters. The largest absolute Gasteiger partial charge is 0.510 e. The number of ether oxygens (including phenoxy) is 1. The van der Waals surface area contributed by atoms with Crippen molar-refractivity contribution in [1.82, 2.24) is 19.7 Å². The Morgan fingerprint density at radius 1 is 1.02 bits per heavy atom. The number of primary amides is 1. The number of nitrogens with zero attached hydrogens (tertiary/aromatic N) is 4. The van der Waals surface area contributed by atoms with Crippen molar-refractivity contribution >= 4 is 29.6 Å². The molecule has 12 nitrogen and oxygen atoms in total. The Balaban J connectivity index is 1.33. The van der Waals surface area contributed by atoms with E-state index in [0.29, 0.717) is 6.20 Å². The van der Waals surface area contributed by atoms with E-state index >= 15 is 0 Å². The lowest BCUT2D eigenvalue weighted by molar-refractivity contribution is -0.138. The molecule has 0 saturated carbocycles. The monoisotopic (exact) mass is 580 g/mol. The minimum absolute atomic E-state index is 0.0428. The predicted octanol–water partition coefficient (Wildman–Crippen LogP) is 2.77. The van der Waals surface area contributed by atoms with Crippen LogP contribution in [0.2, 0.25) is 0 Å². The zero-order chi connectivity index (χ0) is 30.3. The summed E-state index contributed by atoms with van der Waals surface area (Å²) < 4.78 is 45.0. The third kappa shape index (κ3) is 6.55. The van der Waals surface area contributed by atoms with Gasteiger partial charge >= 0.3 is 18.3 Å². The first kappa shape index (κ1) is 29.7. The molecule has 15 heteroatoms. The first-order valence-electron chi connectivity index (χ1n) is 12.8. The van der Waals surface area contributed by atoms with E-state index in [4.69, 9.17) is 10.5 Å². The maximum atomic E-state index is 13.2. The summed E-state index contributed by atoms with van der Waals surface area (Å²) in [5.41, 5.74) is 4.87. The number of alkyl halides is 3. The summed E-state index contributed by atoms with van der Waals surface area (Å²) in [4.78, 5) is 57.7. The van der Waals surface area contributed by atoms with Crippen molar-refractivity contribution in [3.05, 3.63) is 46.0 Å². The Morgan fingerprint density at radius 3 is 2.17 bits per heavy atom. The fraction of sp³-hybridized carbons (Fsp3) is 0.500. The Bertz CT molecular complexity index is 1330. The van der Waals surface area contributed by atoms with Crippen molar-refractivity contribution in [3.63, 3.8) is 0 Å². The number of nitrogens with one attached hydrogen (secondary N) is 1. The van der Waals surface area contributed by atoms with Crippen LogP contribution in [0.1, 0.15) is 38.4 Å². The standard InChI is InChI=1S/C26H31F3N6O6/c1-25(2,3)22(38)32-18-6-16(26(27,28)29)7-31-19(18)13-41-24(40)35-10-14-8-34(9-15(14)11-35)23(39)33-5-4-17(21(30)37)20(36)12-33/h6-7,36H,4-5,8-13H2,1-3H3,(H2,30,37)(H,32,38). The van der Waals surface area contributed by atoms with Crippen LogP contribution in [-0.2, 0) is 27.1 Å². The third-order valence-electron chi connectivity index (χ3n) is 7.00. The zero-order valence-corrected chi connectivity index (χ0v) is 22.8. The van der Waals surface area contributed by atoms with E-state index in [9.17, 15) is 37.5 Å².